The van der Waals surface area contributed by atoms with Gasteiger partial charge in [0.25, 0.3) is 0 Å². The van der Waals surface area contributed by atoms with Gasteiger partial charge in [0, 0.05) is 25.7 Å². The monoisotopic (exact) mass is 251 g/mol. The highest BCUT2D eigenvalue weighted by atomic mass is 19.1. The Kier molecular flexibility index (Phi) is 4.19. The SMILES string of the molecule is CNCc1cccc(F)c1N1CCC(N(C)C)C1. The van der Waals surface area contributed by atoms with Gasteiger partial charge in [0.05, 0.1) is 5.69 Å². The van der Waals surface area contributed by atoms with E-state index in [4.69, 9.17) is 0 Å². The van der Waals surface area contributed by atoms with Crippen LogP contribution in [0.15, 0.2) is 18.2 Å². The summed E-state index contributed by atoms with van der Waals surface area (Å²) in [6, 6.07) is 5.85. The van der Waals surface area contributed by atoms with E-state index in [1.54, 1.807) is 12.1 Å². The van der Waals surface area contributed by atoms with E-state index in [1.165, 1.54) is 0 Å². The fourth-order valence-electron chi connectivity index (χ4n) is 2.61. The number of rotatable bonds is 4. The van der Waals surface area contributed by atoms with Crippen LogP contribution in [0.4, 0.5) is 10.1 Å². The highest BCUT2D eigenvalue weighted by molar-refractivity contribution is 5.55. The number of para-hydroxylation sites is 1. The van der Waals surface area contributed by atoms with Crippen LogP contribution in [-0.2, 0) is 6.54 Å². The maximum absolute atomic E-state index is 14.1. The molecule has 1 unspecified atom stereocenters. The highest BCUT2D eigenvalue weighted by Gasteiger charge is 2.27. The van der Waals surface area contributed by atoms with Gasteiger partial charge in [0.2, 0.25) is 0 Å². The van der Waals surface area contributed by atoms with Gasteiger partial charge in [-0.25, -0.2) is 4.39 Å². The van der Waals surface area contributed by atoms with Gasteiger partial charge in [-0.05, 0) is 39.2 Å². The zero-order chi connectivity index (χ0) is 13.1. The largest absolute Gasteiger partial charge is 0.367 e. The number of anilines is 1. The first kappa shape index (κ1) is 13.3. The number of likely N-dealkylation sites (N-methyl/N-ethyl adjacent to an activating group) is 1. The van der Waals surface area contributed by atoms with E-state index >= 15 is 0 Å². The van der Waals surface area contributed by atoms with Crippen LogP contribution < -0.4 is 10.2 Å². The van der Waals surface area contributed by atoms with Gasteiger partial charge in [0.1, 0.15) is 5.82 Å². The third kappa shape index (κ3) is 2.65. The summed E-state index contributed by atoms with van der Waals surface area (Å²) in [5.41, 5.74) is 1.81. The minimum absolute atomic E-state index is 0.109. The summed E-state index contributed by atoms with van der Waals surface area (Å²) in [5, 5.41) is 3.11. The quantitative estimate of drug-likeness (QED) is 0.878. The molecule has 0 aliphatic carbocycles. The Balaban J connectivity index is 2.23. The number of hydrogen-bond donors (Lipinski definition) is 1. The van der Waals surface area contributed by atoms with Crippen molar-refractivity contribution in [2.45, 2.75) is 19.0 Å². The van der Waals surface area contributed by atoms with Crippen molar-refractivity contribution in [2.24, 2.45) is 0 Å². The Morgan fingerprint density at radius 1 is 1.44 bits per heavy atom. The molecule has 1 saturated heterocycles. The minimum Gasteiger partial charge on any atom is -0.367 e. The predicted molar refractivity (Wildman–Crippen MR) is 73.5 cm³/mol. The van der Waals surface area contributed by atoms with Crippen molar-refractivity contribution in [1.82, 2.24) is 10.2 Å². The predicted octanol–water partition coefficient (Wildman–Crippen LogP) is 1.69. The number of hydrogen-bond acceptors (Lipinski definition) is 3. The fraction of sp³-hybridized carbons (Fsp3) is 0.571. The lowest BCUT2D eigenvalue weighted by molar-refractivity contribution is 0.315. The van der Waals surface area contributed by atoms with Crippen molar-refractivity contribution in [3.63, 3.8) is 0 Å². The van der Waals surface area contributed by atoms with Crippen molar-refractivity contribution in [2.75, 3.05) is 39.1 Å². The van der Waals surface area contributed by atoms with Crippen LogP contribution in [0, 0.1) is 5.82 Å². The van der Waals surface area contributed by atoms with Crippen LogP contribution in [0.1, 0.15) is 12.0 Å². The Labute approximate surface area is 109 Å². The normalized spacial score (nSPS) is 19.8. The maximum atomic E-state index is 14.1. The van der Waals surface area contributed by atoms with E-state index in [0.717, 1.165) is 30.8 Å². The van der Waals surface area contributed by atoms with Crippen molar-refractivity contribution >= 4 is 5.69 Å². The number of nitrogens with zero attached hydrogens (tertiary/aromatic N) is 2. The first-order chi connectivity index (χ1) is 8.63. The number of halogens is 1. The summed E-state index contributed by atoms with van der Waals surface area (Å²) in [4.78, 5) is 4.39. The Morgan fingerprint density at radius 3 is 2.83 bits per heavy atom. The third-order valence-electron chi connectivity index (χ3n) is 3.65. The van der Waals surface area contributed by atoms with Crippen LogP contribution >= 0.6 is 0 Å². The maximum Gasteiger partial charge on any atom is 0.146 e. The number of nitrogens with one attached hydrogen (secondary N) is 1. The first-order valence-electron chi connectivity index (χ1n) is 6.47. The van der Waals surface area contributed by atoms with E-state index in [9.17, 15) is 4.39 Å². The third-order valence-corrected chi connectivity index (χ3v) is 3.65. The zero-order valence-electron chi connectivity index (χ0n) is 11.4. The minimum atomic E-state index is -0.109. The molecule has 1 atom stereocenters. The lowest BCUT2D eigenvalue weighted by atomic mass is 10.1. The lowest BCUT2D eigenvalue weighted by Crippen LogP contribution is -2.32. The van der Waals surface area contributed by atoms with Crippen LogP contribution in [0.5, 0.6) is 0 Å². The fourth-order valence-corrected chi connectivity index (χ4v) is 2.61. The average Bonchev–Trinajstić information content (AvgIpc) is 2.79. The van der Waals surface area contributed by atoms with Crippen LogP contribution in [0.3, 0.4) is 0 Å². The second-order valence-corrected chi connectivity index (χ2v) is 5.13. The molecule has 1 N–H and O–H groups in total. The second-order valence-electron chi connectivity index (χ2n) is 5.13. The summed E-state index contributed by atoms with van der Waals surface area (Å²) in [6.45, 7) is 2.54. The average molecular weight is 251 g/mol. The molecule has 1 heterocycles. The molecule has 2 rings (SSSR count). The molecule has 0 radical (unpaired) electrons. The molecule has 0 amide bonds. The van der Waals surface area contributed by atoms with Gasteiger partial charge in [-0.1, -0.05) is 12.1 Å². The van der Waals surface area contributed by atoms with Gasteiger partial charge in [-0.2, -0.15) is 0 Å². The van der Waals surface area contributed by atoms with Gasteiger partial charge < -0.3 is 15.1 Å². The second kappa shape index (κ2) is 5.67. The van der Waals surface area contributed by atoms with Crippen molar-refractivity contribution in [3.8, 4) is 0 Å². The molecule has 0 aromatic heterocycles. The molecule has 1 fully saturated rings. The van der Waals surface area contributed by atoms with Crippen LogP contribution in [0.25, 0.3) is 0 Å². The smallest absolute Gasteiger partial charge is 0.146 e. The molecule has 1 aliphatic rings. The molecule has 1 aliphatic heterocycles. The van der Waals surface area contributed by atoms with E-state index in [1.807, 2.05) is 13.1 Å². The Morgan fingerprint density at radius 2 is 2.22 bits per heavy atom. The summed E-state index contributed by atoms with van der Waals surface area (Å²) < 4.78 is 14.1. The summed E-state index contributed by atoms with van der Waals surface area (Å²) in [5.74, 6) is -0.109. The van der Waals surface area contributed by atoms with E-state index in [2.05, 4.69) is 29.2 Å². The Hall–Kier alpha value is -1.13. The van der Waals surface area contributed by atoms with Gasteiger partial charge in [-0.15, -0.1) is 0 Å². The molecule has 1 aromatic carbocycles. The number of benzene rings is 1. The molecular formula is C14H22FN3. The van der Waals surface area contributed by atoms with Gasteiger partial charge >= 0.3 is 0 Å². The summed E-state index contributed by atoms with van der Waals surface area (Å²) >= 11 is 0. The topological polar surface area (TPSA) is 18.5 Å². The summed E-state index contributed by atoms with van der Waals surface area (Å²) in [6.07, 6.45) is 1.10. The molecule has 4 heteroatoms. The molecule has 3 nitrogen and oxygen atoms in total. The van der Waals surface area contributed by atoms with E-state index in [-0.39, 0.29) is 5.82 Å². The molecule has 0 bridgehead atoms. The molecular weight excluding hydrogens is 229 g/mol. The lowest BCUT2D eigenvalue weighted by Gasteiger charge is -2.24. The van der Waals surface area contributed by atoms with Crippen molar-refractivity contribution < 1.29 is 4.39 Å². The van der Waals surface area contributed by atoms with Crippen LogP contribution in [-0.4, -0.2) is 45.2 Å². The molecule has 100 valence electrons. The molecule has 1 aromatic rings. The molecule has 0 spiro atoms. The van der Waals surface area contributed by atoms with E-state index in [0.29, 0.717) is 12.6 Å². The van der Waals surface area contributed by atoms with Gasteiger partial charge in [0.15, 0.2) is 0 Å². The first-order valence-corrected chi connectivity index (χ1v) is 6.47. The summed E-state index contributed by atoms with van der Waals surface area (Å²) in [7, 11) is 6.06. The van der Waals surface area contributed by atoms with Crippen molar-refractivity contribution in [1.29, 1.82) is 0 Å². The Bertz CT molecular complexity index is 406. The van der Waals surface area contributed by atoms with Crippen molar-refractivity contribution in [3.05, 3.63) is 29.6 Å². The highest BCUT2D eigenvalue weighted by Crippen LogP contribution is 2.28. The molecule has 0 saturated carbocycles. The van der Waals surface area contributed by atoms with E-state index < -0.39 is 0 Å². The standard InChI is InChI=1S/C14H22FN3/c1-16-9-11-5-4-6-13(15)14(11)18-8-7-12(10-18)17(2)3/h4-6,12,16H,7-10H2,1-3H3. The van der Waals surface area contributed by atoms with Crippen LogP contribution in [0.2, 0.25) is 0 Å². The van der Waals surface area contributed by atoms with Gasteiger partial charge in [-0.3, -0.25) is 0 Å². The molecule has 18 heavy (non-hydrogen) atoms. The zero-order valence-corrected chi connectivity index (χ0v) is 11.4.